The van der Waals surface area contributed by atoms with Gasteiger partial charge in [-0.3, -0.25) is 4.98 Å². The fourth-order valence-corrected chi connectivity index (χ4v) is 1.75. The number of pyridine rings is 1. The van der Waals surface area contributed by atoms with Crippen LogP contribution in [0.2, 0.25) is 0 Å². The minimum absolute atomic E-state index is 1.16. The molecule has 0 spiro atoms. The maximum Gasteiger partial charge on any atom is 0.0299 e. The summed E-state index contributed by atoms with van der Waals surface area (Å²) in [5.41, 5.74) is 1.36. The van der Waals surface area contributed by atoms with Crippen LogP contribution >= 0.6 is 0 Å². The zero-order valence-corrected chi connectivity index (χ0v) is 9.95. The standard InChI is InChI=1S/C13H22N2/c1-3-15(4-2)11-6-5-8-13-9-7-10-14-12-13/h7,9-10,12H,3-6,8,11H2,1-2H3. The van der Waals surface area contributed by atoms with E-state index in [0.29, 0.717) is 0 Å². The monoisotopic (exact) mass is 206 g/mol. The largest absolute Gasteiger partial charge is 0.304 e. The summed E-state index contributed by atoms with van der Waals surface area (Å²) >= 11 is 0. The van der Waals surface area contributed by atoms with Gasteiger partial charge in [-0.25, -0.2) is 0 Å². The van der Waals surface area contributed by atoms with E-state index in [-0.39, 0.29) is 0 Å². The van der Waals surface area contributed by atoms with Crippen LogP contribution in [-0.2, 0) is 6.42 Å². The van der Waals surface area contributed by atoms with E-state index in [2.05, 4.69) is 29.8 Å². The highest BCUT2D eigenvalue weighted by Crippen LogP contribution is 2.03. The number of nitrogens with zero attached hydrogens (tertiary/aromatic N) is 2. The zero-order valence-electron chi connectivity index (χ0n) is 9.95. The summed E-state index contributed by atoms with van der Waals surface area (Å²) in [6.45, 7) is 8.02. The first-order chi connectivity index (χ1) is 7.36. The van der Waals surface area contributed by atoms with Crippen LogP contribution in [0.1, 0.15) is 32.3 Å². The molecule has 0 amide bonds. The molecule has 2 heteroatoms. The van der Waals surface area contributed by atoms with Crippen molar-refractivity contribution in [1.82, 2.24) is 9.88 Å². The van der Waals surface area contributed by atoms with Crippen molar-refractivity contribution < 1.29 is 0 Å². The lowest BCUT2D eigenvalue weighted by molar-refractivity contribution is 0.297. The predicted molar refractivity (Wildman–Crippen MR) is 65.0 cm³/mol. The molecule has 1 rings (SSSR count). The molecular formula is C13H22N2. The van der Waals surface area contributed by atoms with Gasteiger partial charge in [0.25, 0.3) is 0 Å². The van der Waals surface area contributed by atoms with Crippen LogP contribution in [0.3, 0.4) is 0 Å². The molecule has 0 N–H and O–H groups in total. The summed E-state index contributed by atoms with van der Waals surface area (Å²) in [5.74, 6) is 0. The van der Waals surface area contributed by atoms with Crippen molar-refractivity contribution in [2.75, 3.05) is 19.6 Å². The molecule has 0 bridgehead atoms. The van der Waals surface area contributed by atoms with Crippen LogP contribution in [0.15, 0.2) is 24.5 Å². The molecule has 1 heterocycles. The van der Waals surface area contributed by atoms with E-state index >= 15 is 0 Å². The van der Waals surface area contributed by atoms with E-state index in [4.69, 9.17) is 0 Å². The molecule has 0 fully saturated rings. The average Bonchev–Trinajstić information content (AvgIpc) is 2.31. The van der Waals surface area contributed by atoms with E-state index in [1.54, 1.807) is 0 Å². The maximum absolute atomic E-state index is 4.12. The molecule has 0 aromatic carbocycles. The molecule has 1 aromatic rings. The molecule has 2 nitrogen and oxygen atoms in total. The first-order valence-electron chi connectivity index (χ1n) is 5.98. The Morgan fingerprint density at radius 1 is 1.20 bits per heavy atom. The second-order valence-electron chi connectivity index (χ2n) is 3.85. The van der Waals surface area contributed by atoms with Crippen LogP contribution in [-0.4, -0.2) is 29.5 Å². The molecule has 0 unspecified atom stereocenters. The fourth-order valence-electron chi connectivity index (χ4n) is 1.75. The SMILES string of the molecule is CCN(CC)CCCCc1cccnc1. The number of aryl methyl sites for hydroxylation is 1. The van der Waals surface area contributed by atoms with Gasteiger partial charge < -0.3 is 4.90 Å². The summed E-state index contributed by atoms with van der Waals surface area (Å²) in [7, 11) is 0. The average molecular weight is 206 g/mol. The van der Waals surface area contributed by atoms with E-state index in [1.807, 2.05) is 18.5 Å². The smallest absolute Gasteiger partial charge is 0.0299 e. The van der Waals surface area contributed by atoms with Gasteiger partial charge in [0.2, 0.25) is 0 Å². The number of hydrogen-bond acceptors (Lipinski definition) is 2. The molecule has 0 aliphatic carbocycles. The fraction of sp³-hybridized carbons (Fsp3) is 0.615. The van der Waals surface area contributed by atoms with Gasteiger partial charge in [-0.05, 0) is 50.5 Å². The summed E-state index contributed by atoms with van der Waals surface area (Å²) in [4.78, 5) is 6.60. The van der Waals surface area contributed by atoms with Crippen LogP contribution in [0.5, 0.6) is 0 Å². The third-order valence-electron chi connectivity index (χ3n) is 2.81. The molecule has 1 aromatic heterocycles. The van der Waals surface area contributed by atoms with E-state index in [1.165, 1.54) is 38.0 Å². The van der Waals surface area contributed by atoms with Gasteiger partial charge in [0.05, 0.1) is 0 Å². The second kappa shape index (κ2) is 7.41. The number of aromatic nitrogens is 1. The highest BCUT2D eigenvalue weighted by atomic mass is 15.1. The Hall–Kier alpha value is -0.890. The topological polar surface area (TPSA) is 16.1 Å². The zero-order chi connectivity index (χ0) is 10.9. The summed E-state index contributed by atoms with van der Waals surface area (Å²) in [6, 6.07) is 4.17. The first kappa shape index (κ1) is 12.2. The predicted octanol–water partition coefficient (Wildman–Crippen LogP) is 2.75. The highest BCUT2D eigenvalue weighted by molar-refractivity contribution is 5.08. The van der Waals surface area contributed by atoms with Crippen LogP contribution < -0.4 is 0 Å². The lowest BCUT2D eigenvalue weighted by atomic mass is 10.1. The number of hydrogen-bond donors (Lipinski definition) is 0. The first-order valence-corrected chi connectivity index (χ1v) is 5.98. The Morgan fingerprint density at radius 2 is 2.00 bits per heavy atom. The van der Waals surface area contributed by atoms with Crippen LogP contribution in [0.4, 0.5) is 0 Å². The lowest BCUT2D eigenvalue weighted by Gasteiger charge is -2.17. The van der Waals surface area contributed by atoms with Gasteiger partial charge in [0.1, 0.15) is 0 Å². The molecule has 0 radical (unpaired) electrons. The van der Waals surface area contributed by atoms with Crippen molar-refractivity contribution in [1.29, 1.82) is 0 Å². The molecule has 0 saturated carbocycles. The number of rotatable bonds is 7. The Labute approximate surface area is 93.3 Å². The Morgan fingerprint density at radius 3 is 2.60 bits per heavy atom. The molecule has 0 aliphatic heterocycles. The van der Waals surface area contributed by atoms with Gasteiger partial charge in [0, 0.05) is 12.4 Å². The van der Waals surface area contributed by atoms with Gasteiger partial charge in [-0.1, -0.05) is 19.9 Å². The molecule has 15 heavy (non-hydrogen) atoms. The molecular weight excluding hydrogens is 184 g/mol. The van der Waals surface area contributed by atoms with E-state index < -0.39 is 0 Å². The quantitative estimate of drug-likeness (QED) is 0.638. The van der Waals surface area contributed by atoms with Crippen molar-refractivity contribution in [3.63, 3.8) is 0 Å². The van der Waals surface area contributed by atoms with Crippen molar-refractivity contribution in [3.05, 3.63) is 30.1 Å². The van der Waals surface area contributed by atoms with E-state index in [9.17, 15) is 0 Å². The Kier molecular flexibility index (Phi) is 6.02. The molecule has 84 valence electrons. The molecule has 0 aliphatic rings. The minimum atomic E-state index is 1.16. The van der Waals surface area contributed by atoms with Crippen LogP contribution in [0.25, 0.3) is 0 Å². The second-order valence-corrected chi connectivity index (χ2v) is 3.85. The number of unbranched alkanes of at least 4 members (excludes halogenated alkanes) is 1. The highest BCUT2D eigenvalue weighted by Gasteiger charge is 1.98. The summed E-state index contributed by atoms with van der Waals surface area (Å²) < 4.78 is 0. The van der Waals surface area contributed by atoms with Crippen molar-refractivity contribution in [2.24, 2.45) is 0 Å². The Bertz CT molecular complexity index is 242. The lowest BCUT2D eigenvalue weighted by Crippen LogP contribution is -2.23. The maximum atomic E-state index is 4.12. The minimum Gasteiger partial charge on any atom is -0.304 e. The summed E-state index contributed by atoms with van der Waals surface area (Å²) in [6.07, 6.45) is 7.52. The van der Waals surface area contributed by atoms with Crippen molar-refractivity contribution in [2.45, 2.75) is 33.1 Å². The van der Waals surface area contributed by atoms with Gasteiger partial charge >= 0.3 is 0 Å². The van der Waals surface area contributed by atoms with Gasteiger partial charge in [0.15, 0.2) is 0 Å². The third kappa shape index (κ3) is 4.93. The summed E-state index contributed by atoms with van der Waals surface area (Å²) in [5, 5.41) is 0. The van der Waals surface area contributed by atoms with E-state index in [0.717, 1.165) is 6.42 Å². The Balaban J connectivity index is 2.12. The van der Waals surface area contributed by atoms with Gasteiger partial charge in [-0.2, -0.15) is 0 Å². The van der Waals surface area contributed by atoms with Crippen molar-refractivity contribution in [3.8, 4) is 0 Å². The van der Waals surface area contributed by atoms with Gasteiger partial charge in [-0.15, -0.1) is 0 Å². The van der Waals surface area contributed by atoms with Crippen molar-refractivity contribution >= 4 is 0 Å². The third-order valence-corrected chi connectivity index (χ3v) is 2.81. The molecule has 0 saturated heterocycles. The molecule has 0 atom stereocenters. The normalized spacial score (nSPS) is 10.9. The van der Waals surface area contributed by atoms with Crippen LogP contribution in [0, 0.1) is 0 Å².